The van der Waals surface area contributed by atoms with Crippen molar-refractivity contribution in [1.29, 1.82) is 0 Å². The van der Waals surface area contributed by atoms with Crippen molar-refractivity contribution < 1.29 is 14.3 Å². The molecule has 1 aliphatic rings. The molecule has 0 spiro atoms. The number of rotatable bonds is 5. The second-order valence-corrected chi connectivity index (χ2v) is 7.54. The number of carbonyl (C=O) groups is 2. The van der Waals surface area contributed by atoms with Crippen LogP contribution >= 0.6 is 0 Å². The van der Waals surface area contributed by atoms with Gasteiger partial charge in [-0.3, -0.25) is 9.59 Å². The largest absolute Gasteiger partial charge is 0.457 e. The van der Waals surface area contributed by atoms with Crippen molar-refractivity contribution >= 4 is 23.2 Å². The Morgan fingerprint density at radius 2 is 1.71 bits per heavy atom. The molecule has 5 heteroatoms. The zero-order chi connectivity index (χ0) is 20.3. The monoisotopic (exact) mass is 380 g/mol. The molecule has 3 rings (SSSR count). The molecule has 0 bridgehead atoms. The molecule has 0 aliphatic heterocycles. The number of nitrogens with one attached hydrogen (secondary N) is 1. The fourth-order valence-corrected chi connectivity index (χ4v) is 3.83. The zero-order valence-electron chi connectivity index (χ0n) is 17.0. The van der Waals surface area contributed by atoms with E-state index in [4.69, 9.17) is 4.74 Å². The SMILES string of the molecule is CC(=O)Nc1cc(Oc2ccc(N(C(C)=O)C3CCCC3)cc2C)ccc1C. The summed E-state index contributed by atoms with van der Waals surface area (Å²) < 4.78 is 6.05. The van der Waals surface area contributed by atoms with E-state index in [1.165, 1.54) is 19.8 Å². The average Bonchev–Trinajstić information content (AvgIpc) is 3.13. The van der Waals surface area contributed by atoms with Gasteiger partial charge in [0.2, 0.25) is 11.8 Å². The highest BCUT2D eigenvalue weighted by Crippen LogP contribution is 2.34. The van der Waals surface area contributed by atoms with E-state index in [9.17, 15) is 9.59 Å². The van der Waals surface area contributed by atoms with E-state index in [1.54, 1.807) is 6.92 Å². The van der Waals surface area contributed by atoms with Gasteiger partial charge in [-0.25, -0.2) is 0 Å². The fraction of sp³-hybridized carbons (Fsp3) is 0.391. The summed E-state index contributed by atoms with van der Waals surface area (Å²) in [6, 6.07) is 11.8. The van der Waals surface area contributed by atoms with E-state index in [-0.39, 0.29) is 11.8 Å². The van der Waals surface area contributed by atoms with Crippen LogP contribution in [0.5, 0.6) is 11.5 Å². The highest BCUT2D eigenvalue weighted by atomic mass is 16.5. The van der Waals surface area contributed by atoms with Crippen LogP contribution in [0.4, 0.5) is 11.4 Å². The molecule has 148 valence electrons. The Hall–Kier alpha value is -2.82. The number of carbonyl (C=O) groups excluding carboxylic acids is 2. The topological polar surface area (TPSA) is 58.6 Å². The number of ether oxygens (including phenoxy) is 1. The van der Waals surface area contributed by atoms with Gasteiger partial charge in [-0.1, -0.05) is 18.9 Å². The maximum Gasteiger partial charge on any atom is 0.224 e. The predicted octanol–water partition coefficient (Wildman–Crippen LogP) is 5.35. The molecule has 5 nitrogen and oxygen atoms in total. The van der Waals surface area contributed by atoms with Crippen molar-refractivity contribution in [3.8, 4) is 11.5 Å². The lowest BCUT2D eigenvalue weighted by atomic mass is 10.1. The Bertz CT molecular complexity index is 885. The molecular formula is C23H28N2O3. The summed E-state index contributed by atoms with van der Waals surface area (Å²) in [5.41, 5.74) is 3.60. The molecule has 0 aromatic heterocycles. The number of amides is 2. The molecule has 1 N–H and O–H groups in total. The summed E-state index contributed by atoms with van der Waals surface area (Å²) in [4.78, 5) is 25.5. The van der Waals surface area contributed by atoms with Gasteiger partial charge in [0.1, 0.15) is 11.5 Å². The lowest BCUT2D eigenvalue weighted by Gasteiger charge is -2.28. The minimum atomic E-state index is -0.114. The van der Waals surface area contributed by atoms with Crippen molar-refractivity contribution in [2.24, 2.45) is 0 Å². The quantitative estimate of drug-likeness (QED) is 0.761. The molecule has 2 amide bonds. The summed E-state index contributed by atoms with van der Waals surface area (Å²) in [6.45, 7) is 7.04. The molecule has 0 radical (unpaired) electrons. The molecule has 0 heterocycles. The molecule has 1 fully saturated rings. The normalized spacial score (nSPS) is 14.0. The highest BCUT2D eigenvalue weighted by Gasteiger charge is 2.26. The van der Waals surface area contributed by atoms with E-state index in [2.05, 4.69) is 5.32 Å². The van der Waals surface area contributed by atoms with Crippen LogP contribution in [0.3, 0.4) is 0 Å². The van der Waals surface area contributed by atoms with Gasteiger partial charge in [0, 0.05) is 37.3 Å². The Morgan fingerprint density at radius 3 is 2.32 bits per heavy atom. The number of hydrogen-bond acceptors (Lipinski definition) is 3. The van der Waals surface area contributed by atoms with E-state index >= 15 is 0 Å². The van der Waals surface area contributed by atoms with Crippen LogP contribution in [-0.4, -0.2) is 17.9 Å². The third kappa shape index (κ3) is 4.53. The number of benzene rings is 2. The predicted molar refractivity (Wildman–Crippen MR) is 112 cm³/mol. The van der Waals surface area contributed by atoms with Crippen LogP contribution in [0, 0.1) is 13.8 Å². The van der Waals surface area contributed by atoms with Gasteiger partial charge in [0.05, 0.1) is 0 Å². The minimum Gasteiger partial charge on any atom is -0.457 e. The van der Waals surface area contributed by atoms with Crippen LogP contribution in [-0.2, 0) is 9.59 Å². The Labute approximate surface area is 166 Å². The standard InChI is InChI=1S/C23H28N2O3/c1-15-9-11-21(14-22(15)24-17(3)26)28-23-12-10-20(13-16(23)2)25(18(4)27)19-7-5-6-8-19/h9-14,19H,5-8H2,1-4H3,(H,24,26). The first-order valence-electron chi connectivity index (χ1n) is 9.81. The molecule has 2 aromatic rings. The zero-order valence-corrected chi connectivity index (χ0v) is 17.0. The van der Waals surface area contributed by atoms with Gasteiger partial charge in [0.15, 0.2) is 0 Å². The van der Waals surface area contributed by atoms with Crippen LogP contribution in [0.15, 0.2) is 36.4 Å². The summed E-state index contributed by atoms with van der Waals surface area (Å²) >= 11 is 0. The Kier molecular flexibility index (Phi) is 6.02. The maximum atomic E-state index is 12.2. The molecular weight excluding hydrogens is 352 g/mol. The molecule has 1 saturated carbocycles. The summed E-state index contributed by atoms with van der Waals surface area (Å²) in [7, 11) is 0. The van der Waals surface area contributed by atoms with Crippen LogP contribution in [0.25, 0.3) is 0 Å². The third-order valence-electron chi connectivity index (χ3n) is 5.21. The van der Waals surface area contributed by atoms with E-state index in [0.717, 1.165) is 41.1 Å². The molecule has 0 unspecified atom stereocenters. The second-order valence-electron chi connectivity index (χ2n) is 7.54. The summed E-state index contributed by atoms with van der Waals surface area (Å²) in [5.74, 6) is 1.36. The second kappa shape index (κ2) is 8.46. The van der Waals surface area contributed by atoms with E-state index in [0.29, 0.717) is 11.8 Å². The van der Waals surface area contributed by atoms with Crippen molar-refractivity contribution in [3.05, 3.63) is 47.5 Å². The Balaban J connectivity index is 1.83. The number of hydrogen-bond donors (Lipinski definition) is 1. The number of aryl methyl sites for hydroxylation is 2. The van der Waals surface area contributed by atoms with Crippen molar-refractivity contribution in [1.82, 2.24) is 0 Å². The molecule has 1 aliphatic carbocycles. The van der Waals surface area contributed by atoms with Gasteiger partial charge < -0.3 is 15.0 Å². The van der Waals surface area contributed by atoms with E-state index in [1.807, 2.05) is 55.1 Å². The van der Waals surface area contributed by atoms with Crippen molar-refractivity contribution in [2.75, 3.05) is 10.2 Å². The van der Waals surface area contributed by atoms with Gasteiger partial charge in [-0.15, -0.1) is 0 Å². The van der Waals surface area contributed by atoms with Gasteiger partial charge in [-0.2, -0.15) is 0 Å². The Morgan fingerprint density at radius 1 is 1.00 bits per heavy atom. The summed E-state index contributed by atoms with van der Waals surface area (Å²) in [5, 5.41) is 2.82. The number of nitrogens with zero attached hydrogens (tertiary/aromatic N) is 1. The van der Waals surface area contributed by atoms with Crippen molar-refractivity contribution in [2.45, 2.75) is 59.4 Å². The van der Waals surface area contributed by atoms with Crippen molar-refractivity contribution in [3.63, 3.8) is 0 Å². The van der Waals surface area contributed by atoms with Crippen LogP contribution < -0.4 is 15.0 Å². The minimum absolute atomic E-state index is 0.0819. The lowest BCUT2D eigenvalue weighted by Crippen LogP contribution is -2.37. The number of anilines is 2. The van der Waals surface area contributed by atoms with E-state index < -0.39 is 0 Å². The first kappa shape index (κ1) is 19.9. The first-order valence-corrected chi connectivity index (χ1v) is 9.81. The fourth-order valence-electron chi connectivity index (χ4n) is 3.83. The molecule has 0 atom stereocenters. The maximum absolute atomic E-state index is 12.2. The lowest BCUT2D eigenvalue weighted by molar-refractivity contribution is -0.117. The average molecular weight is 380 g/mol. The van der Waals surface area contributed by atoms with Gasteiger partial charge in [0.25, 0.3) is 0 Å². The van der Waals surface area contributed by atoms with Gasteiger partial charge in [-0.05, 0) is 62.1 Å². The van der Waals surface area contributed by atoms with Crippen LogP contribution in [0.1, 0.15) is 50.7 Å². The third-order valence-corrected chi connectivity index (χ3v) is 5.21. The highest BCUT2D eigenvalue weighted by molar-refractivity contribution is 5.92. The van der Waals surface area contributed by atoms with Crippen LogP contribution in [0.2, 0.25) is 0 Å². The molecule has 2 aromatic carbocycles. The summed E-state index contributed by atoms with van der Waals surface area (Å²) in [6.07, 6.45) is 4.48. The molecule has 28 heavy (non-hydrogen) atoms. The smallest absolute Gasteiger partial charge is 0.224 e. The molecule has 0 saturated heterocycles. The first-order chi connectivity index (χ1) is 13.3. The van der Waals surface area contributed by atoms with Gasteiger partial charge >= 0.3 is 0 Å².